The molecular formula is C16H28N4O2. The molecular weight excluding hydrogens is 280 g/mol. The maximum Gasteiger partial charge on any atom is 0.317 e. The molecule has 1 aromatic rings. The molecule has 0 radical (unpaired) electrons. The van der Waals surface area contributed by atoms with E-state index in [-0.39, 0.29) is 6.03 Å². The number of amides is 2. The fourth-order valence-electron chi connectivity index (χ4n) is 2.82. The van der Waals surface area contributed by atoms with Crippen LogP contribution in [-0.4, -0.2) is 53.6 Å². The number of likely N-dealkylation sites (N-methyl/N-ethyl adjacent to an activating group) is 1. The van der Waals surface area contributed by atoms with E-state index < -0.39 is 0 Å². The average molecular weight is 308 g/mol. The molecule has 1 aromatic heterocycles. The summed E-state index contributed by atoms with van der Waals surface area (Å²) in [6, 6.07) is 1.82. The molecule has 0 aromatic carbocycles. The fraction of sp³-hybridized carbons (Fsp3) is 0.750. The summed E-state index contributed by atoms with van der Waals surface area (Å²) in [5, 5.41) is 7.02. The standard InChI is InChI=1S/C16H28N4O2/c1-14-6-3-4-7-15(14)22-13-9-17-16(21)19(2)11-12-20-10-5-8-18-20/h5,8,10,14-15H,3-4,6-7,9,11-13H2,1-2H3,(H,17,21)/t14-,15-/m1/s1. The van der Waals surface area contributed by atoms with Crippen molar-refractivity contribution in [1.29, 1.82) is 0 Å². The van der Waals surface area contributed by atoms with Crippen molar-refractivity contribution >= 4 is 6.03 Å². The summed E-state index contributed by atoms with van der Waals surface area (Å²) in [5.74, 6) is 0.640. The number of hydrogen-bond donors (Lipinski definition) is 1. The Morgan fingerprint density at radius 2 is 2.27 bits per heavy atom. The Hall–Kier alpha value is -1.56. The van der Waals surface area contributed by atoms with Crippen LogP contribution in [-0.2, 0) is 11.3 Å². The lowest BCUT2D eigenvalue weighted by Crippen LogP contribution is -2.41. The van der Waals surface area contributed by atoms with Crippen LogP contribution in [0.2, 0.25) is 0 Å². The Labute approximate surface area is 132 Å². The highest BCUT2D eigenvalue weighted by atomic mass is 16.5. The normalized spacial score (nSPS) is 21.5. The second-order valence-electron chi connectivity index (χ2n) is 6.09. The highest BCUT2D eigenvalue weighted by Gasteiger charge is 2.21. The number of aromatic nitrogens is 2. The molecule has 1 fully saturated rings. The Morgan fingerprint density at radius 3 is 3.00 bits per heavy atom. The van der Waals surface area contributed by atoms with Gasteiger partial charge in [-0.2, -0.15) is 5.10 Å². The molecule has 0 bridgehead atoms. The van der Waals surface area contributed by atoms with Gasteiger partial charge in [-0.25, -0.2) is 4.79 Å². The first-order chi connectivity index (χ1) is 10.7. The lowest BCUT2D eigenvalue weighted by molar-refractivity contribution is -0.00266. The van der Waals surface area contributed by atoms with Crippen LogP contribution in [0, 0.1) is 5.92 Å². The van der Waals surface area contributed by atoms with Crippen molar-refractivity contribution in [1.82, 2.24) is 20.0 Å². The lowest BCUT2D eigenvalue weighted by Gasteiger charge is -2.28. The molecule has 6 heteroatoms. The number of ether oxygens (including phenoxy) is 1. The van der Waals surface area contributed by atoms with E-state index in [0.29, 0.717) is 38.3 Å². The van der Waals surface area contributed by atoms with Crippen molar-refractivity contribution in [3.8, 4) is 0 Å². The molecule has 22 heavy (non-hydrogen) atoms. The van der Waals surface area contributed by atoms with E-state index in [9.17, 15) is 4.79 Å². The highest BCUT2D eigenvalue weighted by Crippen LogP contribution is 2.25. The van der Waals surface area contributed by atoms with Gasteiger partial charge in [0.15, 0.2) is 0 Å². The molecule has 0 unspecified atom stereocenters. The van der Waals surface area contributed by atoms with Crippen LogP contribution >= 0.6 is 0 Å². The van der Waals surface area contributed by atoms with Gasteiger partial charge in [0.25, 0.3) is 0 Å². The van der Waals surface area contributed by atoms with Crippen molar-refractivity contribution in [3.05, 3.63) is 18.5 Å². The van der Waals surface area contributed by atoms with Crippen LogP contribution in [0.25, 0.3) is 0 Å². The summed E-state index contributed by atoms with van der Waals surface area (Å²) in [5.41, 5.74) is 0. The topological polar surface area (TPSA) is 59.4 Å². The third-order valence-electron chi connectivity index (χ3n) is 4.31. The minimum atomic E-state index is -0.0625. The SMILES string of the molecule is C[C@@H]1CCCC[C@H]1OCCNC(=O)N(C)CCn1cccn1. The van der Waals surface area contributed by atoms with Gasteiger partial charge in [0.1, 0.15) is 0 Å². The minimum Gasteiger partial charge on any atom is -0.376 e. The Morgan fingerprint density at radius 1 is 1.45 bits per heavy atom. The first kappa shape index (κ1) is 16.8. The van der Waals surface area contributed by atoms with Gasteiger partial charge in [-0.15, -0.1) is 0 Å². The first-order valence-electron chi connectivity index (χ1n) is 8.25. The molecule has 1 aliphatic carbocycles. The van der Waals surface area contributed by atoms with E-state index in [1.165, 1.54) is 19.3 Å². The summed E-state index contributed by atoms with van der Waals surface area (Å²) in [4.78, 5) is 13.6. The zero-order valence-corrected chi connectivity index (χ0v) is 13.7. The minimum absolute atomic E-state index is 0.0625. The number of urea groups is 1. The van der Waals surface area contributed by atoms with Crippen molar-refractivity contribution in [2.45, 2.75) is 45.3 Å². The summed E-state index contributed by atoms with van der Waals surface area (Å²) < 4.78 is 7.71. The van der Waals surface area contributed by atoms with E-state index in [2.05, 4.69) is 17.3 Å². The quantitative estimate of drug-likeness (QED) is 0.785. The Balaban J connectivity index is 1.56. The number of carbonyl (C=O) groups is 1. The smallest absolute Gasteiger partial charge is 0.317 e. The Kier molecular flexibility index (Phi) is 6.71. The molecule has 0 saturated heterocycles. The number of nitrogens with zero attached hydrogens (tertiary/aromatic N) is 3. The van der Waals surface area contributed by atoms with Gasteiger partial charge >= 0.3 is 6.03 Å². The predicted molar refractivity (Wildman–Crippen MR) is 85.6 cm³/mol. The average Bonchev–Trinajstić information content (AvgIpc) is 3.04. The van der Waals surface area contributed by atoms with E-state index in [0.717, 1.165) is 6.42 Å². The van der Waals surface area contributed by atoms with Gasteiger partial charge in [0.05, 0.1) is 19.3 Å². The molecule has 2 amide bonds. The van der Waals surface area contributed by atoms with Crippen LogP contribution in [0.4, 0.5) is 4.79 Å². The molecule has 2 atom stereocenters. The van der Waals surface area contributed by atoms with Crippen molar-refractivity contribution in [2.24, 2.45) is 5.92 Å². The van der Waals surface area contributed by atoms with E-state index in [4.69, 9.17) is 4.74 Å². The van der Waals surface area contributed by atoms with Crippen molar-refractivity contribution in [2.75, 3.05) is 26.7 Å². The summed E-state index contributed by atoms with van der Waals surface area (Å²) in [7, 11) is 1.79. The molecule has 1 saturated carbocycles. The van der Waals surface area contributed by atoms with E-state index >= 15 is 0 Å². The summed E-state index contributed by atoms with van der Waals surface area (Å²) in [6.45, 7) is 4.74. The van der Waals surface area contributed by atoms with Crippen molar-refractivity contribution < 1.29 is 9.53 Å². The van der Waals surface area contributed by atoms with Crippen LogP contribution in [0.3, 0.4) is 0 Å². The first-order valence-corrected chi connectivity index (χ1v) is 8.25. The second-order valence-corrected chi connectivity index (χ2v) is 6.09. The molecule has 0 aliphatic heterocycles. The monoisotopic (exact) mass is 308 g/mol. The number of hydrogen-bond acceptors (Lipinski definition) is 3. The Bertz CT molecular complexity index is 435. The zero-order valence-electron chi connectivity index (χ0n) is 13.7. The van der Waals surface area contributed by atoms with Gasteiger partial charge in [0, 0.05) is 32.5 Å². The van der Waals surface area contributed by atoms with Crippen molar-refractivity contribution in [3.63, 3.8) is 0 Å². The van der Waals surface area contributed by atoms with E-state index in [1.807, 2.05) is 16.9 Å². The van der Waals surface area contributed by atoms with Gasteiger partial charge in [0.2, 0.25) is 0 Å². The fourth-order valence-corrected chi connectivity index (χ4v) is 2.82. The molecule has 0 spiro atoms. The van der Waals surface area contributed by atoms with Crippen LogP contribution < -0.4 is 5.32 Å². The molecule has 1 aliphatic rings. The van der Waals surface area contributed by atoms with Gasteiger partial charge in [-0.1, -0.05) is 19.8 Å². The molecule has 124 valence electrons. The molecule has 2 rings (SSSR count). The van der Waals surface area contributed by atoms with Crippen LogP contribution in [0.15, 0.2) is 18.5 Å². The van der Waals surface area contributed by atoms with Gasteiger partial charge < -0.3 is 15.0 Å². The zero-order chi connectivity index (χ0) is 15.8. The van der Waals surface area contributed by atoms with Crippen LogP contribution in [0.1, 0.15) is 32.6 Å². The number of nitrogens with one attached hydrogen (secondary N) is 1. The largest absolute Gasteiger partial charge is 0.376 e. The third kappa shape index (κ3) is 5.33. The maximum absolute atomic E-state index is 11.9. The molecule has 6 nitrogen and oxygen atoms in total. The summed E-state index contributed by atoms with van der Waals surface area (Å²) in [6.07, 6.45) is 8.99. The van der Waals surface area contributed by atoms with Gasteiger partial charge in [-0.05, 0) is 24.8 Å². The maximum atomic E-state index is 11.9. The van der Waals surface area contributed by atoms with Crippen LogP contribution in [0.5, 0.6) is 0 Å². The lowest BCUT2D eigenvalue weighted by atomic mass is 9.88. The number of carbonyl (C=O) groups excluding carboxylic acids is 1. The number of rotatable bonds is 7. The predicted octanol–water partition coefficient (Wildman–Crippen LogP) is 2.12. The summed E-state index contributed by atoms with van der Waals surface area (Å²) >= 11 is 0. The highest BCUT2D eigenvalue weighted by molar-refractivity contribution is 5.73. The molecule has 1 heterocycles. The second kappa shape index (κ2) is 8.78. The van der Waals surface area contributed by atoms with E-state index in [1.54, 1.807) is 18.1 Å². The molecule has 1 N–H and O–H groups in total. The van der Waals surface area contributed by atoms with Gasteiger partial charge in [-0.3, -0.25) is 4.68 Å². The third-order valence-corrected chi connectivity index (χ3v) is 4.31.